The van der Waals surface area contributed by atoms with Crippen LogP contribution in [0.4, 0.5) is 11.6 Å². The van der Waals surface area contributed by atoms with E-state index < -0.39 is 0 Å². The molecule has 2 aromatic rings. The van der Waals surface area contributed by atoms with Crippen molar-refractivity contribution in [2.45, 2.75) is 0 Å². The standard InChI is InChI=1S/C15H15BrN2O3/c16-12-9-11(10-17-13-3-1-2-4-14(13)19)21-15(12)18-5-7-20-8-6-18/h1-4,9-10,19H,5-8H2. The molecule has 0 unspecified atom stereocenters. The quantitative estimate of drug-likeness (QED) is 0.862. The van der Waals surface area contributed by atoms with Gasteiger partial charge < -0.3 is 19.2 Å². The lowest BCUT2D eigenvalue weighted by molar-refractivity contribution is 0.120. The van der Waals surface area contributed by atoms with Crippen molar-refractivity contribution in [2.24, 2.45) is 4.99 Å². The molecule has 0 radical (unpaired) electrons. The summed E-state index contributed by atoms with van der Waals surface area (Å²) in [6.07, 6.45) is 1.60. The summed E-state index contributed by atoms with van der Waals surface area (Å²) in [6, 6.07) is 8.79. The van der Waals surface area contributed by atoms with Gasteiger partial charge in [-0.15, -0.1) is 0 Å². The second kappa shape index (κ2) is 6.32. The lowest BCUT2D eigenvalue weighted by Crippen LogP contribution is -2.36. The molecule has 1 N–H and O–H groups in total. The number of anilines is 1. The van der Waals surface area contributed by atoms with Gasteiger partial charge in [-0.25, -0.2) is 4.99 Å². The van der Waals surface area contributed by atoms with Gasteiger partial charge in [0.25, 0.3) is 0 Å². The molecular formula is C15H15BrN2O3. The summed E-state index contributed by atoms with van der Waals surface area (Å²) in [5.41, 5.74) is 0.512. The highest BCUT2D eigenvalue weighted by atomic mass is 79.9. The molecule has 0 amide bonds. The van der Waals surface area contributed by atoms with Crippen LogP contribution in [0.25, 0.3) is 0 Å². The van der Waals surface area contributed by atoms with Gasteiger partial charge >= 0.3 is 0 Å². The van der Waals surface area contributed by atoms with Crippen LogP contribution in [-0.2, 0) is 4.74 Å². The van der Waals surface area contributed by atoms with Crippen LogP contribution in [0.3, 0.4) is 0 Å². The predicted molar refractivity (Wildman–Crippen MR) is 84.8 cm³/mol. The van der Waals surface area contributed by atoms with Crippen LogP contribution in [0.15, 0.2) is 44.2 Å². The van der Waals surface area contributed by atoms with Crippen LogP contribution in [0.1, 0.15) is 5.76 Å². The van der Waals surface area contributed by atoms with E-state index >= 15 is 0 Å². The number of phenols is 1. The van der Waals surface area contributed by atoms with Crippen molar-refractivity contribution >= 4 is 33.7 Å². The summed E-state index contributed by atoms with van der Waals surface area (Å²) in [5, 5.41) is 9.68. The van der Waals surface area contributed by atoms with E-state index in [1.54, 1.807) is 24.4 Å². The largest absolute Gasteiger partial charge is 0.506 e. The number of benzene rings is 1. The monoisotopic (exact) mass is 350 g/mol. The average Bonchev–Trinajstić information content (AvgIpc) is 2.88. The van der Waals surface area contributed by atoms with Gasteiger partial charge in [-0.2, -0.15) is 0 Å². The Morgan fingerprint density at radius 3 is 2.76 bits per heavy atom. The van der Waals surface area contributed by atoms with Gasteiger partial charge in [0, 0.05) is 19.2 Å². The number of hydrogen-bond acceptors (Lipinski definition) is 5. The molecule has 21 heavy (non-hydrogen) atoms. The first-order valence-corrected chi connectivity index (χ1v) is 7.47. The van der Waals surface area contributed by atoms with Crippen LogP contribution >= 0.6 is 15.9 Å². The molecule has 1 aromatic heterocycles. The second-order valence-corrected chi connectivity index (χ2v) is 5.50. The van der Waals surface area contributed by atoms with Crippen molar-refractivity contribution in [3.8, 4) is 5.75 Å². The molecule has 0 spiro atoms. The molecule has 1 saturated heterocycles. The van der Waals surface area contributed by atoms with E-state index in [0.717, 1.165) is 23.4 Å². The third-order valence-electron chi connectivity index (χ3n) is 3.20. The van der Waals surface area contributed by atoms with Gasteiger partial charge in [0.1, 0.15) is 17.2 Å². The molecule has 1 aliphatic rings. The van der Waals surface area contributed by atoms with Crippen LogP contribution < -0.4 is 4.90 Å². The number of ether oxygens (including phenoxy) is 1. The number of nitrogens with zero attached hydrogens (tertiary/aromatic N) is 2. The van der Waals surface area contributed by atoms with Gasteiger partial charge in [0.15, 0.2) is 0 Å². The van der Waals surface area contributed by atoms with Crippen molar-refractivity contribution in [3.63, 3.8) is 0 Å². The highest BCUT2D eigenvalue weighted by Gasteiger charge is 2.18. The lowest BCUT2D eigenvalue weighted by atomic mass is 10.3. The van der Waals surface area contributed by atoms with E-state index in [9.17, 15) is 5.11 Å². The molecule has 1 fully saturated rings. The SMILES string of the molecule is Oc1ccccc1N=Cc1cc(Br)c(N2CCOCC2)o1. The van der Waals surface area contributed by atoms with E-state index in [2.05, 4.69) is 25.8 Å². The smallest absolute Gasteiger partial charge is 0.210 e. The summed E-state index contributed by atoms with van der Waals surface area (Å²) in [5.74, 6) is 1.57. The number of furan rings is 1. The fourth-order valence-electron chi connectivity index (χ4n) is 2.13. The summed E-state index contributed by atoms with van der Waals surface area (Å²) >= 11 is 3.51. The van der Waals surface area contributed by atoms with Crippen LogP contribution in [0.5, 0.6) is 5.75 Å². The Balaban J connectivity index is 1.79. The van der Waals surface area contributed by atoms with Crippen molar-refractivity contribution in [1.29, 1.82) is 0 Å². The minimum absolute atomic E-state index is 0.146. The fourth-order valence-corrected chi connectivity index (χ4v) is 2.69. The molecule has 0 bridgehead atoms. The maximum absolute atomic E-state index is 9.68. The van der Waals surface area contributed by atoms with Gasteiger partial charge in [-0.3, -0.25) is 0 Å². The van der Waals surface area contributed by atoms with Crippen molar-refractivity contribution in [2.75, 3.05) is 31.2 Å². The summed E-state index contributed by atoms with van der Waals surface area (Å²) in [7, 11) is 0. The molecule has 6 heteroatoms. The summed E-state index contributed by atoms with van der Waals surface area (Å²) < 4.78 is 12.0. The van der Waals surface area contributed by atoms with Crippen LogP contribution in [0, 0.1) is 0 Å². The molecule has 0 atom stereocenters. The first-order chi connectivity index (χ1) is 10.2. The molecule has 2 heterocycles. The Kier molecular flexibility index (Phi) is 4.26. The maximum atomic E-state index is 9.68. The Labute approximate surface area is 131 Å². The number of halogens is 1. The normalized spacial score (nSPS) is 15.8. The average molecular weight is 351 g/mol. The number of rotatable bonds is 3. The molecule has 5 nitrogen and oxygen atoms in total. The number of aliphatic imine (C=N–C) groups is 1. The zero-order chi connectivity index (χ0) is 14.7. The van der Waals surface area contributed by atoms with Crippen LogP contribution in [-0.4, -0.2) is 37.6 Å². The molecule has 0 saturated carbocycles. The van der Waals surface area contributed by atoms with Gasteiger partial charge in [-0.1, -0.05) is 12.1 Å². The molecule has 0 aliphatic carbocycles. The number of morpholine rings is 1. The zero-order valence-electron chi connectivity index (χ0n) is 11.3. The summed E-state index contributed by atoms with van der Waals surface area (Å²) in [4.78, 5) is 6.37. The van der Waals surface area contributed by atoms with Crippen molar-refractivity contribution in [1.82, 2.24) is 0 Å². The van der Waals surface area contributed by atoms with E-state index in [1.807, 2.05) is 12.1 Å². The maximum Gasteiger partial charge on any atom is 0.210 e. The Morgan fingerprint density at radius 2 is 2.00 bits per heavy atom. The topological polar surface area (TPSA) is 58.2 Å². The summed E-state index contributed by atoms with van der Waals surface area (Å²) in [6.45, 7) is 3.02. The number of para-hydroxylation sites is 2. The molecule has 110 valence electrons. The Hall–Kier alpha value is -1.79. The zero-order valence-corrected chi connectivity index (χ0v) is 12.9. The Bertz CT molecular complexity index is 648. The number of phenolic OH excluding ortho intramolecular Hbond substituents is 1. The second-order valence-electron chi connectivity index (χ2n) is 4.65. The van der Waals surface area contributed by atoms with E-state index in [0.29, 0.717) is 24.7 Å². The van der Waals surface area contributed by atoms with Gasteiger partial charge in [-0.05, 0) is 28.1 Å². The highest BCUT2D eigenvalue weighted by molar-refractivity contribution is 9.10. The molecular weight excluding hydrogens is 336 g/mol. The first kappa shape index (κ1) is 14.2. The van der Waals surface area contributed by atoms with Crippen LogP contribution in [0.2, 0.25) is 0 Å². The molecule has 3 rings (SSSR count). The third-order valence-corrected chi connectivity index (χ3v) is 3.77. The first-order valence-electron chi connectivity index (χ1n) is 6.68. The minimum atomic E-state index is 0.146. The fraction of sp³-hybridized carbons (Fsp3) is 0.267. The van der Waals surface area contributed by atoms with Crippen molar-refractivity contribution < 1.29 is 14.3 Å². The van der Waals surface area contributed by atoms with Crippen molar-refractivity contribution in [3.05, 3.63) is 40.6 Å². The van der Waals surface area contributed by atoms with E-state index in [4.69, 9.17) is 9.15 Å². The lowest BCUT2D eigenvalue weighted by Gasteiger charge is -2.26. The number of hydrogen-bond donors (Lipinski definition) is 1. The minimum Gasteiger partial charge on any atom is -0.506 e. The number of aromatic hydroxyl groups is 1. The highest BCUT2D eigenvalue weighted by Crippen LogP contribution is 2.31. The van der Waals surface area contributed by atoms with E-state index in [1.165, 1.54) is 0 Å². The third kappa shape index (κ3) is 3.28. The predicted octanol–water partition coefficient (Wildman–Crippen LogP) is 3.33. The van der Waals surface area contributed by atoms with Gasteiger partial charge in [0.2, 0.25) is 5.88 Å². The Morgan fingerprint density at radius 1 is 1.24 bits per heavy atom. The molecule has 1 aromatic carbocycles. The van der Waals surface area contributed by atoms with Gasteiger partial charge in [0.05, 0.1) is 23.9 Å². The molecule has 1 aliphatic heterocycles. The van der Waals surface area contributed by atoms with E-state index in [-0.39, 0.29) is 5.75 Å².